The molecule has 0 atom stereocenters. The van der Waals surface area contributed by atoms with Crippen molar-refractivity contribution in [3.05, 3.63) is 182 Å². The molecule has 0 radical (unpaired) electrons. The minimum atomic E-state index is 0.872. The lowest BCUT2D eigenvalue weighted by Crippen LogP contribution is -2.36. The number of furan rings is 1. The molecule has 3 nitrogen and oxygen atoms in total. The maximum Gasteiger partial charge on any atom is 0.143 e. The van der Waals surface area contributed by atoms with Crippen molar-refractivity contribution >= 4 is 44.7 Å². The number of benzene rings is 8. The SMILES string of the molecule is c1ccc(N2CCN(c3ccccc3)c3cc4c(cc32)-c2ccccc2-c2ccccc2-c2cc(-c3cccc5c3oc3ccccc35)ccc2-4)cc1. The van der Waals surface area contributed by atoms with Crippen LogP contribution in [0.5, 0.6) is 0 Å². The molecule has 8 aromatic carbocycles. The topological polar surface area (TPSA) is 19.6 Å². The zero-order valence-corrected chi connectivity index (χ0v) is 29.0. The molecule has 3 heteroatoms. The molecule has 250 valence electrons. The van der Waals surface area contributed by atoms with Crippen molar-refractivity contribution in [2.24, 2.45) is 0 Å². The summed E-state index contributed by atoms with van der Waals surface area (Å²) in [5, 5.41) is 2.28. The third-order valence-corrected chi connectivity index (χ3v) is 11.1. The van der Waals surface area contributed by atoms with Crippen molar-refractivity contribution in [1.29, 1.82) is 0 Å². The zero-order chi connectivity index (χ0) is 34.9. The first-order valence-corrected chi connectivity index (χ1v) is 18.4. The van der Waals surface area contributed by atoms with Gasteiger partial charge in [-0.15, -0.1) is 0 Å². The van der Waals surface area contributed by atoms with Crippen molar-refractivity contribution in [2.45, 2.75) is 0 Å². The number of rotatable bonds is 3. The second-order valence-electron chi connectivity index (χ2n) is 14.0. The molecule has 0 spiro atoms. The average molecular weight is 679 g/mol. The van der Waals surface area contributed by atoms with Crippen LogP contribution in [0.25, 0.3) is 77.6 Å². The predicted molar refractivity (Wildman–Crippen MR) is 221 cm³/mol. The van der Waals surface area contributed by atoms with Gasteiger partial charge in [0.1, 0.15) is 11.2 Å². The fourth-order valence-corrected chi connectivity index (χ4v) is 8.70. The lowest BCUT2D eigenvalue weighted by Gasteiger charge is -2.40. The van der Waals surface area contributed by atoms with Gasteiger partial charge in [-0.1, -0.05) is 133 Å². The molecular weight excluding hydrogens is 645 g/mol. The standard InChI is InChI=1S/C50H34N2O/c1-3-14-34(15-4-1)51-28-29-52(35-16-5-2-6-17-35)48-32-46-41-27-26-33(36-23-13-24-43-42-22-11-12-25-49(42)53-50(36)43)30-44(41)39-20-9-7-18-37(39)38-19-8-10-21-40(38)45(46)31-47(48)51/h1-27,30-32H,28-29H2. The Balaban J connectivity index is 1.21. The largest absolute Gasteiger partial charge is 0.455 e. The Kier molecular flexibility index (Phi) is 6.68. The van der Waals surface area contributed by atoms with E-state index in [0.29, 0.717) is 0 Å². The molecule has 9 aromatic rings. The molecule has 53 heavy (non-hydrogen) atoms. The van der Waals surface area contributed by atoms with Gasteiger partial charge in [-0.25, -0.2) is 0 Å². The quantitative estimate of drug-likeness (QED) is 0.185. The van der Waals surface area contributed by atoms with Gasteiger partial charge >= 0.3 is 0 Å². The summed E-state index contributed by atoms with van der Waals surface area (Å²) < 4.78 is 6.55. The highest BCUT2D eigenvalue weighted by Crippen LogP contribution is 2.53. The van der Waals surface area contributed by atoms with Crippen molar-refractivity contribution in [3.8, 4) is 55.6 Å². The third kappa shape index (κ3) is 4.67. The number of para-hydroxylation sites is 4. The van der Waals surface area contributed by atoms with Gasteiger partial charge in [0.15, 0.2) is 0 Å². The van der Waals surface area contributed by atoms with Crippen LogP contribution >= 0.6 is 0 Å². The summed E-state index contributed by atoms with van der Waals surface area (Å²) >= 11 is 0. The first-order chi connectivity index (χ1) is 26.3. The van der Waals surface area contributed by atoms with Gasteiger partial charge in [0.25, 0.3) is 0 Å². The van der Waals surface area contributed by atoms with E-state index >= 15 is 0 Å². The second-order valence-corrected chi connectivity index (χ2v) is 14.0. The lowest BCUT2D eigenvalue weighted by molar-refractivity contribution is 0.670. The molecule has 11 rings (SSSR count). The van der Waals surface area contributed by atoms with Crippen molar-refractivity contribution in [2.75, 3.05) is 22.9 Å². The number of fused-ring (bicyclic) bond motifs is 12. The lowest BCUT2D eigenvalue weighted by atomic mass is 9.79. The van der Waals surface area contributed by atoms with Crippen molar-refractivity contribution < 1.29 is 4.42 Å². The number of hydrogen-bond donors (Lipinski definition) is 0. The Morgan fingerprint density at radius 1 is 0.340 bits per heavy atom. The Hall–Kier alpha value is -6.84. The minimum absolute atomic E-state index is 0.872. The third-order valence-electron chi connectivity index (χ3n) is 11.1. The second kappa shape index (κ2) is 11.9. The normalized spacial score (nSPS) is 13.1. The maximum absolute atomic E-state index is 6.55. The fraction of sp³-hybridized carbons (Fsp3) is 0.0400. The van der Waals surface area contributed by atoms with Gasteiger partial charge < -0.3 is 14.2 Å². The number of nitrogens with zero attached hydrogens (tertiary/aromatic N) is 2. The molecule has 2 heterocycles. The summed E-state index contributed by atoms with van der Waals surface area (Å²) in [6, 6.07) is 66.2. The molecule has 2 aliphatic rings. The summed E-state index contributed by atoms with van der Waals surface area (Å²) in [6.07, 6.45) is 0. The van der Waals surface area contributed by atoms with E-state index in [9.17, 15) is 0 Å². The van der Waals surface area contributed by atoms with Gasteiger partial charge in [0, 0.05) is 40.8 Å². The number of anilines is 4. The Bertz CT molecular complexity index is 2850. The highest BCUT2D eigenvalue weighted by Gasteiger charge is 2.30. The summed E-state index contributed by atoms with van der Waals surface area (Å²) in [7, 11) is 0. The molecule has 1 aliphatic heterocycles. The first kappa shape index (κ1) is 29.8. The van der Waals surface area contributed by atoms with E-state index in [4.69, 9.17) is 4.42 Å². The van der Waals surface area contributed by atoms with Crippen LogP contribution in [0.3, 0.4) is 0 Å². The summed E-state index contributed by atoms with van der Waals surface area (Å²) in [4.78, 5) is 4.98. The van der Waals surface area contributed by atoms with Gasteiger partial charge in [0.05, 0.1) is 11.4 Å². The van der Waals surface area contributed by atoms with Crippen LogP contribution in [0.15, 0.2) is 186 Å². The average Bonchev–Trinajstić information content (AvgIpc) is 3.62. The zero-order valence-electron chi connectivity index (χ0n) is 29.0. The van der Waals surface area contributed by atoms with E-state index in [0.717, 1.165) is 46.2 Å². The molecule has 0 fully saturated rings. The summed E-state index contributed by atoms with van der Waals surface area (Å²) in [5.41, 5.74) is 18.7. The fourth-order valence-electron chi connectivity index (χ4n) is 8.70. The molecule has 0 saturated heterocycles. The summed E-state index contributed by atoms with van der Waals surface area (Å²) in [6.45, 7) is 1.75. The molecule has 0 N–H and O–H groups in total. The monoisotopic (exact) mass is 678 g/mol. The van der Waals surface area contributed by atoms with Crippen LogP contribution in [-0.4, -0.2) is 13.1 Å². The van der Waals surface area contributed by atoms with Gasteiger partial charge in [-0.2, -0.15) is 0 Å². The number of hydrogen-bond acceptors (Lipinski definition) is 3. The van der Waals surface area contributed by atoms with Gasteiger partial charge in [0.2, 0.25) is 0 Å². The van der Waals surface area contributed by atoms with E-state index in [2.05, 4.69) is 186 Å². The van der Waals surface area contributed by atoms with E-state index in [1.165, 1.54) is 67.3 Å². The Morgan fingerprint density at radius 2 is 0.792 bits per heavy atom. The van der Waals surface area contributed by atoms with E-state index in [1.54, 1.807) is 0 Å². The highest BCUT2D eigenvalue weighted by atomic mass is 16.3. The van der Waals surface area contributed by atoms with Crippen LogP contribution in [0.4, 0.5) is 22.7 Å². The minimum Gasteiger partial charge on any atom is -0.455 e. The first-order valence-electron chi connectivity index (χ1n) is 18.4. The molecule has 1 aromatic heterocycles. The molecule has 0 saturated carbocycles. The smallest absolute Gasteiger partial charge is 0.143 e. The highest BCUT2D eigenvalue weighted by molar-refractivity contribution is 6.11. The Labute approximate surface area is 308 Å². The van der Waals surface area contributed by atoms with Crippen LogP contribution in [-0.2, 0) is 0 Å². The van der Waals surface area contributed by atoms with Gasteiger partial charge in [-0.3, -0.25) is 0 Å². The maximum atomic E-state index is 6.55. The van der Waals surface area contributed by atoms with E-state index in [1.807, 2.05) is 6.07 Å². The molecular formula is C50H34N2O. The van der Waals surface area contributed by atoms with Crippen LogP contribution in [0.1, 0.15) is 0 Å². The van der Waals surface area contributed by atoms with Crippen LogP contribution < -0.4 is 9.80 Å². The molecule has 0 amide bonds. The van der Waals surface area contributed by atoms with Crippen molar-refractivity contribution in [1.82, 2.24) is 0 Å². The van der Waals surface area contributed by atoms with Gasteiger partial charge in [-0.05, 0) is 98.6 Å². The molecule has 0 unspecified atom stereocenters. The van der Waals surface area contributed by atoms with Crippen LogP contribution in [0.2, 0.25) is 0 Å². The van der Waals surface area contributed by atoms with E-state index < -0.39 is 0 Å². The summed E-state index contributed by atoms with van der Waals surface area (Å²) in [5.74, 6) is 0. The molecule has 1 aliphatic carbocycles. The van der Waals surface area contributed by atoms with E-state index in [-0.39, 0.29) is 0 Å². The predicted octanol–water partition coefficient (Wildman–Crippen LogP) is 13.5. The Morgan fingerprint density at radius 3 is 1.40 bits per heavy atom. The van der Waals surface area contributed by atoms with Crippen LogP contribution in [0, 0.1) is 0 Å². The molecule has 0 bridgehead atoms. The van der Waals surface area contributed by atoms with Crippen molar-refractivity contribution in [3.63, 3.8) is 0 Å².